The monoisotopic (exact) mass is 613 g/mol. The topological polar surface area (TPSA) is 157 Å². The van der Waals surface area contributed by atoms with Crippen molar-refractivity contribution in [2.45, 2.75) is 54.4 Å². The molecule has 2 unspecified atom stereocenters. The SMILES string of the molecule is CC(C)OCCNC(=O)OCC1(c2ccccc2)CC1(NS(=O)(=O)c1ccc(-c2cc(C(C)(F)F)on2)s1)C(=O)O. The van der Waals surface area contributed by atoms with E-state index < -0.39 is 51.3 Å². The van der Waals surface area contributed by atoms with Crippen LogP contribution in [0.3, 0.4) is 0 Å². The molecule has 2 aromatic heterocycles. The van der Waals surface area contributed by atoms with Gasteiger partial charge in [0.2, 0.25) is 5.76 Å². The number of carboxylic acid groups (broad SMARTS) is 1. The number of alkyl carbamates (subject to hydrolysis) is 1. The predicted octanol–water partition coefficient (Wildman–Crippen LogP) is 4.11. The number of benzene rings is 1. The first-order valence-electron chi connectivity index (χ1n) is 12.5. The molecule has 0 spiro atoms. The van der Waals surface area contributed by atoms with Gasteiger partial charge in [0, 0.05) is 19.5 Å². The van der Waals surface area contributed by atoms with Gasteiger partial charge in [0.15, 0.2) is 0 Å². The van der Waals surface area contributed by atoms with Gasteiger partial charge in [-0.1, -0.05) is 35.5 Å². The van der Waals surface area contributed by atoms with E-state index in [1.165, 1.54) is 12.1 Å². The Bertz CT molecular complexity index is 1500. The lowest BCUT2D eigenvalue weighted by atomic mass is 9.91. The summed E-state index contributed by atoms with van der Waals surface area (Å²) in [4.78, 5) is 25.2. The second-order valence-electron chi connectivity index (χ2n) is 9.95. The molecule has 4 rings (SSSR count). The fourth-order valence-electron chi connectivity index (χ4n) is 4.40. The summed E-state index contributed by atoms with van der Waals surface area (Å²) < 4.78 is 71.4. The second-order valence-corrected chi connectivity index (χ2v) is 12.9. The van der Waals surface area contributed by atoms with Crippen molar-refractivity contribution in [2.75, 3.05) is 19.8 Å². The molecule has 1 fully saturated rings. The number of aromatic nitrogens is 1. The number of alkyl halides is 2. The average molecular weight is 614 g/mol. The highest BCUT2D eigenvalue weighted by Crippen LogP contribution is 2.59. The molecule has 2 heterocycles. The van der Waals surface area contributed by atoms with Crippen LogP contribution in [-0.2, 0) is 35.6 Å². The van der Waals surface area contributed by atoms with Crippen LogP contribution in [0.15, 0.2) is 57.3 Å². The van der Waals surface area contributed by atoms with E-state index in [9.17, 15) is 31.9 Å². The third kappa shape index (κ3) is 6.42. The number of carbonyl (C=O) groups is 2. The highest BCUT2D eigenvalue weighted by atomic mass is 32.2. The molecule has 0 radical (unpaired) electrons. The van der Waals surface area contributed by atoms with Crippen LogP contribution >= 0.6 is 11.3 Å². The molecule has 0 bridgehead atoms. The molecule has 15 heteroatoms. The Morgan fingerprint density at radius 3 is 2.54 bits per heavy atom. The minimum absolute atomic E-state index is 0.00387. The molecule has 3 N–H and O–H groups in total. The summed E-state index contributed by atoms with van der Waals surface area (Å²) in [5.41, 5.74) is -2.98. The summed E-state index contributed by atoms with van der Waals surface area (Å²) in [7, 11) is -4.44. The standard InChI is InChI=1S/C26H29F2N3O8S2/c1-16(2)37-12-11-29-23(34)38-15-25(17-7-5-4-6-8-17)14-26(25,22(32)33)31-41(35,36)21-10-9-19(40-21)18-13-20(39-30-18)24(3,27)28/h4-10,13,16,31H,11-12,14-15H2,1-3H3,(H,29,34)(H,32,33). The van der Waals surface area contributed by atoms with Crippen molar-refractivity contribution in [3.05, 3.63) is 59.9 Å². The van der Waals surface area contributed by atoms with Gasteiger partial charge in [0.25, 0.3) is 10.0 Å². The normalized spacial score (nSPS) is 20.6. The van der Waals surface area contributed by atoms with Crippen molar-refractivity contribution in [2.24, 2.45) is 0 Å². The Labute approximate surface area is 238 Å². The molecule has 41 heavy (non-hydrogen) atoms. The molecule has 1 aromatic carbocycles. The third-order valence-corrected chi connectivity index (χ3v) is 9.67. The maximum atomic E-state index is 13.5. The molecule has 1 amide bonds. The first-order valence-corrected chi connectivity index (χ1v) is 14.8. The van der Waals surface area contributed by atoms with E-state index in [4.69, 9.17) is 9.47 Å². The van der Waals surface area contributed by atoms with Crippen LogP contribution in [-0.4, -0.2) is 62.1 Å². The average Bonchev–Trinajstić information content (AvgIpc) is 3.28. The predicted molar refractivity (Wildman–Crippen MR) is 143 cm³/mol. The van der Waals surface area contributed by atoms with Gasteiger partial charge < -0.3 is 24.4 Å². The number of hydrogen-bond acceptors (Lipinski definition) is 9. The van der Waals surface area contributed by atoms with Crippen LogP contribution in [0.25, 0.3) is 10.6 Å². The number of ether oxygens (including phenoxy) is 2. The van der Waals surface area contributed by atoms with Crippen LogP contribution in [0.4, 0.5) is 13.6 Å². The van der Waals surface area contributed by atoms with E-state index in [1.807, 2.05) is 13.8 Å². The van der Waals surface area contributed by atoms with Gasteiger partial charge in [0.1, 0.15) is 22.0 Å². The first kappa shape index (κ1) is 30.6. The molecule has 1 aliphatic rings. The molecule has 1 saturated carbocycles. The van der Waals surface area contributed by atoms with Crippen molar-refractivity contribution >= 4 is 33.4 Å². The van der Waals surface area contributed by atoms with E-state index in [2.05, 4.69) is 19.7 Å². The number of carboxylic acids is 1. The molecule has 3 aromatic rings. The summed E-state index contributed by atoms with van der Waals surface area (Å²) in [5.74, 6) is -5.42. The number of carbonyl (C=O) groups excluding carboxylic acids is 1. The van der Waals surface area contributed by atoms with Crippen molar-refractivity contribution in [1.82, 2.24) is 15.2 Å². The Hall–Kier alpha value is -3.40. The molecule has 0 saturated heterocycles. The maximum absolute atomic E-state index is 13.5. The lowest BCUT2D eigenvalue weighted by Crippen LogP contribution is -2.50. The van der Waals surface area contributed by atoms with Crippen LogP contribution < -0.4 is 10.0 Å². The van der Waals surface area contributed by atoms with E-state index in [0.717, 1.165) is 6.07 Å². The van der Waals surface area contributed by atoms with Gasteiger partial charge >= 0.3 is 18.0 Å². The quantitative estimate of drug-likeness (QED) is 0.241. The highest BCUT2D eigenvalue weighted by Gasteiger charge is 2.75. The Kier molecular flexibility index (Phi) is 8.55. The van der Waals surface area contributed by atoms with Crippen LogP contribution in [0.5, 0.6) is 0 Å². The summed E-state index contributed by atoms with van der Waals surface area (Å²) in [5, 5.41) is 16.4. The summed E-state index contributed by atoms with van der Waals surface area (Å²) in [6.07, 6.45) is -1.04. The number of hydrogen-bond donors (Lipinski definition) is 3. The maximum Gasteiger partial charge on any atom is 0.407 e. The second kappa shape index (κ2) is 11.5. The molecule has 222 valence electrons. The molecule has 0 aliphatic heterocycles. The number of nitrogens with zero attached hydrogens (tertiary/aromatic N) is 1. The Balaban J connectivity index is 1.56. The van der Waals surface area contributed by atoms with E-state index >= 15 is 0 Å². The van der Waals surface area contributed by atoms with E-state index in [1.54, 1.807) is 30.3 Å². The van der Waals surface area contributed by atoms with E-state index in [-0.39, 0.29) is 40.5 Å². The Morgan fingerprint density at radius 2 is 1.93 bits per heavy atom. The van der Waals surface area contributed by atoms with Gasteiger partial charge in [-0.25, -0.2) is 13.2 Å². The summed E-state index contributed by atoms with van der Waals surface area (Å²) in [6, 6.07) is 11.9. The molecular formula is C26H29F2N3O8S2. The van der Waals surface area contributed by atoms with Crippen molar-refractivity contribution in [1.29, 1.82) is 0 Å². The largest absolute Gasteiger partial charge is 0.480 e. The van der Waals surface area contributed by atoms with E-state index in [0.29, 0.717) is 23.8 Å². The fourth-order valence-corrected chi connectivity index (χ4v) is 7.08. The smallest absolute Gasteiger partial charge is 0.407 e. The van der Waals surface area contributed by atoms with Crippen LogP contribution in [0.2, 0.25) is 0 Å². The number of nitrogens with one attached hydrogen (secondary N) is 2. The fraction of sp³-hybridized carbons (Fsp3) is 0.423. The van der Waals surface area contributed by atoms with Gasteiger partial charge in [-0.3, -0.25) is 4.79 Å². The van der Waals surface area contributed by atoms with Crippen LogP contribution in [0.1, 0.15) is 38.5 Å². The number of amides is 1. The molecule has 2 atom stereocenters. The molecule has 11 nitrogen and oxygen atoms in total. The number of thiophene rings is 1. The van der Waals surface area contributed by atoms with Gasteiger partial charge in [-0.2, -0.15) is 13.5 Å². The number of rotatable bonds is 13. The van der Waals surface area contributed by atoms with Gasteiger partial charge in [0.05, 0.1) is 23.0 Å². The van der Waals surface area contributed by atoms with Crippen molar-refractivity contribution < 1.29 is 45.9 Å². The van der Waals surface area contributed by atoms with Gasteiger partial charge in [-0.15, -0.1) is 11.3 Å². The Morgan fingerprint density at radius 1 is 1.22 bits per heavy atom. The number of halogens is 2. The zero-order chi connectivity index (χ0) is 30.1. The van der Waals surface area contributed by atoms with Crippen molar-refractivity contribution in [3.63, 3.8) is 0 Å². The minimum atomic E-state index is -4.44. The van der Waals surface area contributed by atoms with Crippen LogP contribution in [0, 0.1) is 0 Å². The lowest BCUT2D eigenvalue weighted by Gasteiger charge is -2.24. The number of aliphatic carboxylic acids is 1. The summed E-state index contributed by atoms with van der Waals surface area (Å²) >= 11 is 0.706. The number of sulfonamides is 1. The third-order valence-electron chi connectivity index (χ3n) is 6.57. The van der Waals surface area contributed by atoms with Gasteiger partial charge in [-0.05, 0) is 38.0 Å². The highest BCUT2D eigenvalue weighted by molar-refractivity contribution is 7.91. The van der Waals surface area contributed by atoms with Crippen molar-refractivity contribution in [3.8, 4) is 10.6 Å². The summed E-state index contributed by atoms with van der Waals surface area (Å²) in [6.45, 7) is 4.31. The first-order chi connectivity index (χ1) is 19.2. The minimum Gasteiger partial charge on any atom is -0.480 e. The molecular weight excluding hydrogens is 584 g/mol. The molecule has 1 aliphatic carbocycles. The zero-order valence-corrected chi connectivity index (χ0v) is 24.0. The lowest BCUT2D eigenvalue weighted by molar-refractivity contribution is -0.141. The zero-order valence-electron chi connectivity index (χ0n) is 22.3.